The van der Waals surface area contributed by atoms with Gasteiger partial charge in [-0.1, -0.05) is 23.8 Å². The maximum Gasteiger partial charge on any atom is 0.344 e. The number of rotatable bonds is 5. The molecule has 4 heteroatoms. The molecule has 0 atom stereocenters. The predicted octanol–water partition coefficient (Wildman–Crippen LogP) is 4.99. The first kappa shape index (κ1) is 17.8. The minimum absolute atomic E-state index is 0.373. The highest BCUT2D eigenvalue weighted by Gasteiger charge is 2.11. The lowest BCUT2D eigenvalue weighted by Gasteiger charge is -2.10. The van der Waals surface area contributed by atoms with Crippen molar-refractivity contribution >= 4 is 11.0 Å². The SMILES string of the molecule is COc1ccc(-c2cc3cc(CC=C(C)C)c(OC)cc3oc2=O)cc1. The summed E-state index contributed by atoms with van der Waals surface area (Å²) in [5, 5.41) is 0.869. The topological polar surface area (TPSA) is 48.7 Å². The van der Waals surface area contributed by atoms with Gasteiger partial charge in [0.1, 0.15) is 17.1 Å². The van der Waals surface area contributed by atoms with Crippen LogP contribution in [0.4, 0.5) is 0 Å². The molecule has 0 aliphatic heterocycles. The molecule has 1 aromatic heterocycles. The molecule has 1 heterocycles. The molecule has 3 aromatic rings. The standard InChI is InChI=1S/C22H22O4/c1-14(2)5-6-16-11-17-12-19(15-7-9-18(24-3)10-8-15)22(23)26-21(17)13-20(16)25-4/h5,7-13H,6H2,1-4H3. The molecule has 0 radical (unpaired) electrons. The molecule has 0 saturated carbocycles. The average Bonchev–Trinajstić information content (AvgIpc) is 2.65. The number of allylic oxidation sites excluding steroid dienone is 2. The summed E-state index contributed by atoms with van der Waals surface area (Å²) >= 11 is 0. The minimum atomic E-state index is -0.373. The highest BCUT2D eigenvalue weighted by Crippen LogP contribution is 2.29. The van der Waals surface area contributed by atoms with E-state index in [1.165, 1.54) is 5.57 Å². The second-order valence-electron chi connectivity index (χ2n) is 6.36. The van der Waals surface area contributed by atoms with Crippen molar-refractivity contribution in [3.63, 3.8) is 0 Å². The lowest BCUT2D eigenvalue weighted by molar-refractivity contribution is 0.410. The summed E-state index contributed by atoms with van der Waals surface area (Å²) < 4.78 is 16.2. The van der Waals surface area contributed by atoms with E-state index in [1.807, 2.05) is 36.4 Å². The van der Waals surface area contributed by atoms with E-state index < -0.39 is 0 Å². The smallest absolute Gasteiger partial charge is 0.344 e. The Balaban J connectivity index is 2.13. The Labute approximate surface area is 152 Å². The number of fused-ring (bicyclic) bond motifs is 1. The normalized spacial score (nSPS) is 10.6. The van der Waals surface area contributed by atoms with Gasteiger partial charge in [-0.15, -0.1) is 0 Å². The van der Waals surface area contributed by atoms with Crippen LogP contribution in [0.1, 0.15) is 19.4 Å². The number of hydrogen-bond donors (Lipinski definition) is 0. The minimum Gasteiger partial charge on any atom is -0.497 e. The molecule has 0 N–H and O–H groups in total. The molecule has 2 aromatic carbocycles. The van der Waals surface area contributed by atoms with E-state index in [1.54, 1.807) is 20.3 Å². The van der Waals surface area contributed by atoms with Gasteiger partial charge in [-0.3, -0.25) is 0 Å². The Morgan fingerprint density at radius 1 is 1.04 bits per heavy atom. The second kappa shape index (κ2) is 7.48. The van der Waals surface area contributed by atoms with Crippen molar-refractivity contribution in [2.75, 3.05) is 14.2 Å². The molecule has 0 aliphatic carbocycles. The van der Waals surface area contributed by atoms with Crippen LogP contribution in [0.15, 0.2) is 63.3 Å². The van der Waals surface area contributed by atoms with Gasteiger partial charge in [0, 0.05) is 11.5 Å². The van der Waals surface area contributed by atoms with E-state index >= 15 is 0 Å². The van der Waals surface area contributed by atoms with Crippen molar-refractivity contribution in [1.29, 1.82) is 0 Å². The van der Waals surface area contributed by atoms with Crippen LogP contribution >= 0.6 is 0 Å². The fraction of sp³-hybridized carbons (Fsp3) is 0.227. The first-order valence-corrected chi connectivity index (χ1v) is 8.44. The molecular weight excluding hydrogens is 328 g/mol. The van der Waals surface area contributed by atoms with Crippen LogP contribution in [-0.4, -0.2) is 14.2 Å². The van der Waals surface area contributed by atoms with Crippen LogP contribution < -0.4 is 15.1 Å². The summed E-state index contributed by atoms with van der Waals surface area (Å²) in [5.41, 5.74) is 3.76. The van der Waals surface area contributed by atoms with Gasteiger partial charge >= 0.3 is 5.63 Å². The van der Waals surface area contributed by atoms with Crippen LogP contribution in [-0.2, 0) is 6.42 Å². The third-order valence-electron chi connectivity index (χ3n) is 4.27. The van der Waals surface area contributed by atoms with Crippen LogP contribution in [0.5, 0.6) is 11.5 Å². The van der Waals surface area contributed by atoms with Crippen molar-refractivity contribution in [2.45, 2.75) is 20.3 Å². The monoisotopic (exact) mass is 350 g/mol. The van der Waals surface area contributed by atoms with E-state index in [4.69, 9.17) is 13.9 Å². The molecule has 0 unspecified atom stereocenters. The van der Waals surface area contributed by atoms with Gasteiger partial charge in [0.05, 0.1) is 19.8 Å². The van der Waals surface area contributed by atoms with Crippen molar-refractivity contribution in [1.82, 2.24) is 0 Å². The van der Waals surface area contributed by atoms with Gasteiger partial charge in [0.15, 0.2) is 0 Å². The Morgan fingerprint density at radius 2 is 1.77 bits per heavy atom. The predicted molar refractivity (Wildman–Crippen MR) is 104 cm³/mol. The second-order valence-corrected chi connectivity index (χ2v) is 6.36. The summed E-state index contributed by atoms with van der Waals surface area (Å²) in [6.07, 6.45) is 2.91. The number of methoxy groups -OCH3 is 2. The fourth-order valence-corrected chi connectivity index (χ4v) is 2.83. The van der Waals surface area contributed by atoms with Crippen molar-refractivity contribution in [3.8, 4) is 22.6 Å². The molecule has 26 heavy (non-hydrogen) atoms. The average molecular weight is 350 g/mol. The van der Waals surface area contributed by atoms with Gasteiger partial charge < -0.3 is 13.9 Å². The van der Waals surface area contributed by atoms with Crippen LogP contribution in [0, 0.1) is 0 Å². The van der Waals surface area contributed by atoms with Crippen molar-refractivity contribution in [3.05, 3.63) is 70.1 Å². The zero-order valence-corrected chi connectivity index (χ0v) is 15.5. The van der Waals surface area contributed by atoms with E-state index in [0.717, 1.165) is 34.4 Å². The molecule has 0 fully saturated rings. The first-order valence-electron chi connectivity index (χ1n) is 8.44. The third kappa shape index (κ3) is 3.64. The van der Waals surface area contributed by atoms with Gasteiger partial charge in [-0.2, -0.15) is 0 Å². The lowest BCUT2D eigenvalue weighted by Crippen LogP contribution is -2.03. The van der Waals surface area contributed by atoms with Gasteiger partial charge in [-0.05, 0) is 55.7 Å². The van der Waals surface area contributed by atoms with Crippen LogP contribution in [0.2, 0.25) is 0 Å². The molecule has 134 valence electrons. The largest absolute Gasteiger partial charge is 0.497 e. The number of benzene rings is 2. The summed E-state index contributed by atoms with van der Waals surface area (Å²) in [6, 6.07) is 13.0. The Morgan fingerprint density at radius 3 is 2.38 bits per heavy atom. The molecule has 0 saturated heterocycles. The molecule has 3 rings (SSSR count). The molecule has 0 bridgehead atoms. The maximum absolute atomic E-state index is 12.4. The Kier molecular flexibility index (Phi) is 5.12. The number of ether oxygens (including phenoxy) is 2. The summed E-state index contributed by atoms with van der Waals surface area (Å²) in [6.45, 7) is 4.13. The van der Waals surface area contributed by atoms with E-state index in [-0.39, 0.29) is 5.63 Å². The zero-order valence-electron chi connectivity index (χ0n) is 15.5. The molecule has 0 spiro atoms. The molecule has 0 amide bonds. The summed E-state index contributed by atoms with van der Waals surface area (Å²) in [5.74, 6) is 1.46. The van der Waals surface area contributed by atoms with Gasteiger partial charge in [0.2, 0.25) is 0 Å². The summed E-state index contributed by atoms with van der Waals surface area (Å²) in [4.78, 5) is 12.4. The van der Waals surface area contributed by atoms with Crippen molar-refractivity contribution in [2.24, 2.45) is 0 Å². The Hall–Kier alpha value is -3.01. The first-order chi connectivity index (χ1) is 12.5. The highest BCUT2D eigenvalue weighted by atomic mass is 16.5. The van der Waals surface area contributed by atoms with Crippen molar-refractivity contribution < 1.29 is 13.9 Å². The quantitative estimate of drug-likeness (QED) is 0.481. The van der Waals surface area contributed by atoms with Gasteiger partial charge in [-0.25, -0.2) is 4.79 Å². The molecular formula is C22H22O4. The highest BCUT2D eigenvalue weighted by molar-refractivity contribution is 5.84. The Bertz CT molecular complexity index is 1010. The summed E-state index contributed by atoms with van der Waals surface area (Å²) in [7, 11) is 3.23. The number of hydrogen-bond acceptors (Lipinski definition) is 4. The van der Waals surface area contributed by atoms with Gasteiger partial charge in [0.25, 0.3) is 0 Å². The third-order valence-corrected chi connectivity index (χ3v) is 4.27. The van der Waals surface area contributed by atoms with E-state index in [0.29, 0.717) is 11.1 Å². The maximum atomic E-state index is 12.4. The van der Waals surface area contributed by atoms with E-state index in [2.05, 4.69) is 19.9 Å². The fourth-order valence-electron chi connectivity index (χ4n) is 2.83. The molecule has 4 nitrogen and oxygen atoms in total. The zero-order chi connectivity index (χ0) is 18.7. The van der Waals surface area contributed by atoms with Crippen LogP contribution in [0.3, 0.4) is 0 Å². The lowest BCUT2D eigenvalue weighted by atomic mass is 10.0. The van der Waals surface area contributed by atoms with Crippen LogP contribution in [0.25, 0.3) is 22.1 Å². The van der Waals surface area contributed by atoms with E-state index in [9.17, 15) is 4.79 Å². The molecule has 0 aliphatic rings.